The van der Waals surface area contributed by atoms with Crippen LogP contribution in [0.5, 0.6) is 11.8 Å². The zero-order valence-electron chi connectivity index (χ0n) is 17.5. The number of rotatable bonds is 7. The number of sulfonamides is 1. The van der Waals surface area contributed by atoms with Gasteiger partial charge in [-0.05, 0) is 26.3 Å². The van der Waals surface area contributed by atoms with Gasteiger partial charge < -0.3 is 9.30 Å². The van der Waals surface area contributed by atoms with Crippen molar-refractivity contribution < 1.29 is 13.2 Å². The number of nitrogens with one attached hydrogen (secondary N) is 1. The molecule has 0 aromatic carbocycles. The van der Waals surface area contributed by atoms with Crippen LogP contribution in [-0.2, 0) is 24.1 Å². The van der Waals surface area contributed by atoms with Crippen molar-refractivity contribution in [2.24, 2.45) is 14.1 Å². The molecule has 0 saturated carbocycles. The van der Waals surface area contributed by atoms with Gasteiger partial charge in [-0.1, -0.05) is 6.92 Å². The Morgan fingerprint density at radius 1 is 1.17 bits per heavy atom. The van der Waals surface area contributed by atoms with Crippen molar-refractivity contribution in [1.29, 1.82) is 0 Å². The number of hydrogen-bond acceptors (Lipinski definition) is 7. The second-order valence-electron chi connectivity index (χ2n) is 6.93. The number of anilines is 1. The minimum atomic E-state index is -3.57. The molecule has 0 aliphatic carbocycles. The van der Waals surface area contributed by atoms with Crippen LogP contribution in [0.2, 0.25) is 0 Å². The number of ether oxygens (including phenoxy) is 1. The summed E-state index contributed by atoms with van der Waals surface area (Å²) in [7, 11) is -0.152. The van der Waals surface area contributed by atoms with Gasteiger partial charge in [-0.15, -0.1) is 0 Å². The van der Waals surface area contributed by atoms with E-state index >= 15 is 0 Å². The number of hydrogen-bond donors (Lipinski definition) is 1. The third-order valence-corrected chi connectivity index (χ3v) is 5.92. The lowest BCUT2D eigenvalue weighted by Crippen LogP contribution is -2.17. The van der Waals surface area contributed by atoms with E-state index in [4.69, 9.17) is 4.74 Å². The lowest BCUT2D eigenvalue weighted by atomic mass is 10.2. The van der Waals surface area contributed by atoms with Crippen molar-refractivity contribution in [2.75, 3.05) is 10.5 Å². The van der Waals surface area contributed by atoms with Crippen LogP contribution in [-0.4, -0.2) is 38.5 Å². The summed E-state index contributed by atoms with van der Waals surface area (Å²) in [5, 5.41) is 4.30. The second-order valence-corrected chi connectivity index (χ2v) is 8.78. The quantitative estimate of drug-likeness (QED) is 0.607. The maximum absolute atomic E-state index is 12.3. The zero-order chi connectivity index (χ0) is 22.1. The van der Waals surface area contributed by atoms with Crippen LogP contribution in [0.15, 0.2) is 29.2 Å². The summed E-state index contributed by atoms with van der Waals surface area (Å²) in [6.07, 6.45) is 2.07. The summed E-state index contributed by atoms with van der Waals surface area (Å²) in [6, 6.07) is 4.49. The molecule has 0 aliphatic rings. The van der Waals surface area contributed by atoms with Gasteiger partial charge in [-0.3, -0.25) is 14.2 Å². The number of pyridine rings is 1. The minimum absolute atomic E-state index is 0.0326. The SMILES string of the molecule is CCCS(=O)(=O)Nc1cc(-c2ccc(=O)n(C)c2)nc(Oc2c(C)nn(C)c2C)n1. The van der Waals surface area contributed by atoms with Crippen molar-refractivity contribution in [2.45, 2.75) is 27.2 Å². The Bertz CT molecular complexity index is 1250. The Kier molecular flexibility index (Phi) is 5.92. The van der Waals surface area contributed by atoms with Crippen molar-refractivity contribution in [3.8, 4) is 23.0 Å². The van der Waals surface area contributed by atoms with Gasteiger partial charge in [0.1, 0.15) is 11.5 Å². The molecule has 0 aliphatic heterocycles. The molecule has 30 heavy (non-hydrogen) atoms. The van der Waals surface area contributed by atoms with Crippen molar-refractivity contribution in [1.82, 2.24) is 24.3 Å². The standard InChI is InChI=1S/C19H24N6O4S/c1-6-9-30(27,28)23-16-10-15(14-7-8-17(26)24(4)11-14)20-19(21-16)29-18-12(2)22-25(5)13(18)3/h7-8,10-11H,6,9H2,1-5H3,(H,20,21,23). The molecule has 3 rings (SSSR count). The highest BCUT2D eigenvalue weighted by Gasteiger charge is 2.17. The fourth-order valence-electron chi connectivity index (χ4n) is 2.89. The maximum Gasteiger partial charge on any atom is 0.324 e. The van der Waals surface area contributed by atoms with Crippen LogP contribution in [0.3, 0.4) is 0 Å². The van der Waals surface area contributed by atoms with Crippen molar-refractivity contribution >= 4 is 15.8 Å². The number of nitrogens with zero attached hydrogens (tertiary/aromatic N) is 5. The zero-order valence-corrected chi connectivity index (χ0v) is 18.3. The molecule has 10 nitrogen and oxygen atoms in total. The summed E-state index contributed by atoms with van der Waals surface area (Å²) in [5.41, 5.74) is 2.27. The third kappa shape index (κ3) is 4.67. The summed E-state index contributed by atoms with van der Waals surface area (Å²) in [5.74, 6) is 0.539. The van der Waals surface area contributed by atoms with E-state index in [0.717, 1.165) is 5.69 Å². The van der Waals surface area contributed by atoms with E-state index in [9.17, 15) is 13.2 Å². The highest BCUT2D eigenvalue weighted by atomic mass is 32.2. The van der Waals surface area contributed by atoms with Gasteiger partial charge in [0, 0.05) is 38.0 Å². The first-order valence-electron chi connectivity index (χ1n) is 9.34. The third-order valence-electron chi connectivity index (χ3n) is 4.46. The van der Waals surface area contributed by atoms with E-state index in [2.05, 4.69) is 19.8 Å². The van der Waals surface area contributed by atoms with Crippen LogP contribution < -0.4 is 15.0 Å². The van der Waals surface area contributed by atoms with Gasteiger partial charge in [0.05, 0.1) is 17.1 Å². The molecule has 0 amide bonds. The van der Waals surface area contributed by atoms with E-state index in [0.29, 0.717) is 29.1 Å². The summed E-state index contributed by atoms with van der Waals surface area (Å²) in [4.78, 5) is 20.4. The van der Waals surface area contributed by atoms with Gasteiger partial charge in [-0.2, -0.15) is 15.1 Å². The van der Waals surface area contributed by atoms with E-state index in [1.54, 1.807) is 44.9 Å². The average molecular weight is 433 g/mol. The van der Waals surface area contributed by atoms with Gasteiger partial charge in [0.15, 0.2) is 5.75 Å². The molecular weight excluding hydrogens is 408 g/mol. The van der Waals surface area contributed by atoms with Gasteiger partial charge in [-0.25, -0.2) is 8.42 Å². The molecule has 0 unspecified atom stereocenters. The molecule has 0 spiro atoms. The van der Waals surface area contributed by atoms with Crippen LogP contribution in [0.4, 0.5) is 5.82 Å². The van der Waals surface area contributed by atoms with Crippen molar-refractivity contribution in [3.63, 3.8) is 0 Å². The van der Waals surface area contributed by atoms with Crippen LogP contribution in [0.1, 0.15) is 24.7 Å². The average Bonchev–Trinajstić information content (AvgIpc) is 2.89. The van der Waals surface area contributed by atoms with Gasteiger partial charge in [0.25, 0.3) is 0 Å². The highest BCUT2D eigenvalue weighted by Crippen LogP contribution is 2.29. The molecule has 160 valence electrons. The van der Waals surface area contributed by atoms with Gasteiger partial charge in [0.2, 0.25) is 15.6 Å². The van der Waals surface area contributed by atoms with E-state index in [1.165, 1.54) is 16.7 Å². The monoisotopic (exact) mass is 432 g/mol. The van der Waals surface area contributed by atoms with Crippen molar-refractivity contribution in [3.05, 3.63) is 46.1 Å². The molecule has 0 radical (unpaired) electrons. The van der Waals surface area contributed by atoms with E-state index in [-0.39, 0.29) is 23.1 Å². The molecule has 3 heterocycles. The summed E-state index contributed by atoms with van der Waals surface area (Å²) >= 11 is 0. The van der Waals surface area contributed by atoms with E-state index < -0.39 is 10.0 Å². The molecule has 0 fully saturated rings. The topological polar surface area (TPSA) is 121 Å². The first kappa shape index (κ1) is 21.5. The Hall–Kier alpha value is -3.21. The Balaban J connectivity index is 2.09. The summed E-state index contributed by atoms with van der Waals surface area (Å²) < 4.78 is 35.9. The molecule has 11 heteroatoms. The summed E-state index contributed by atoms with van der Waals surface area (Å²) in [6.45, 7) is 5.42. The Morgan fingerprint density at radius 3 is 2.50 bits per heavy atom. The largest absolute Gasteiger partial charge is 0.420 e. The highest BCUT2D eigenvalue weighted by molar-refractivity contribution is 7.92. The molecule has 3 aromatic heterocycles. The first-order valence-corrected chi connectivity index (χ1v) is 11.0. The van der Waals surface area contributed by atoms with E-state index in [1.807, 2.05) is 6.92 Å². The molecule has 0 atom stereocenters. The second kappa shape index (κ2) is 8.27. The predicted octanol–water partition coefficient (Wildman–Crippen LogP) is 2.14. The fraction of sp³-hybridized carbons (Fsp3) is 0.368. The fourth-order valence-corrected chi connectivity index (χ4v) is 3.95. The molecule has 3 aromatic rings. The van der Waals surface area contributed by atoms with Crippen LogP contribution in [0.25, 0.3) is 11.3 Å². The molecule has 0 bridgehead atoms. The number of aromatic nitrogens is 5. The normalized spacial score (nSPS) is 11.5. The lowest BCUT2D eigenvalue weighted by Gasteiger charge is -2.11. The van der Waals surface area contributed by atoms with Gasteiger partial charge >= 0.3 is 6.01 Å². The van der Waals surface area contributed by atoms with Crippen LogP contribution in [0, 0.1) is 13.8 Å². The molecular formula is C19H24N6O4S. The molecule has 0 saturated heterocycles. The van der Waals surface area contributed by atoms with Crippen LogP contribution >= 0.6 is 0 Å². The Morgan fingerprint density at radius 2 is 1.90 bits per heavy atom. The Labute approximate surface area is 174 Å². The molecule has 1 N–H and O–H groups in total. The number of aryl methyl sites for hydroxylation is 3. The predicted molar refractivity (Wildman–Crippen MR) is 113 cm³/mol. The first-order chi connectivity index (χ1) is 14.1. The smallest absolute Gasteiger partial charge is 0.324 e. The maximum atomic E-state index is 12.3. The minimum Gasteiger partial charge on any atom is -0.420 e. The lowest BCUT2D eigenvalue weighted by molar-refractivity contribution is 0.436.